The molecule has 2 amide bonds. The number of hydrogen-bond donors (Lipinski definition) is 0. The van der Waals surface area contributed by atoms with E-state index < -0.39 is 0 Å². The SMILES string of the molecule is Cc1ccc(N2C(=O)[C@@H]3[C@@H](C2=O)[C@@H]2C=C[C@H]3c3cc(-c4ccccc4)cn32)cc1. The lowest BCUT2D eigenvalue weighted by Gasteiger charge is -2.40. The maximum atomic E-state index is 13.4. The molecule has 3 aliphatic heterocycles. The molecule has 3 aromatic rings. The molecule has 4 heterocycles. The Hall–Kier alpha value is -3.40. The van der Waals surface area contributed by atoms with E-state index >= 15 is 0 Å². The standard InChI is InChI=1S/C25H20N2O2/c1-15-7-9-18(10-8-15)27-24(28)22-19-11-12-20(23(22)25(27)29)26-14-17(13-21(19)26)16-5-3-2-4-6-16/h2-14,19-20,22-23H,1H3/t19-,20-,22-,23-/m0/s1. The number of hydrogen-bond acceptors (Lipinski definition) is 2. The van der Waals surface area contributed by atoms with Crippen molar-refractivity contribution in [2.24, 2.45) is 11.8 Å². The number of carbonyl (C=O) groups is 2. The van der Waals surface area contributed by atoms with E-state index in [4.69, 9.17) is 0 Å². The van der Waals surface area contributed by atoms with Crippen molar-refractivity contribution in [3.63, 3.8) is 0 Å². The molecule has 1 saturated heterocycles. The van der Waals surface area contributed by atoms with Crippen LogP contribution in [0.1, 0.15) is 23.2 Å². The normalized spacial score (nSPS) is 26.7. The number of anilines is 1. The summed E-state index contributed by atoms with van der Waals surface area (Å²) in [5, 5.41) is 0. The Morgan fingerprint density at radius 1 is 0.793 bits per heavy atom. The Morgan fingerprint density at radius 2 is 1.52 bits per heavy atom. The molecule has 4 atom stereocenters. The molecule has 0 unspecified atom stereocenters. The van der Waals surface area contributed by atoms with Crippen LogP contribution in [0.25, 0.3) is 11.1 Å². The molecule has 1 aromatic heterocycles. The molecule has 4 nitrogen and oxygen atoms in total. The molecule has 2 bridgehead atoms. The number of carbonyl (C=O) groups excluding carboxylic acids is 2. The first-order valence-electron chi connectivity index (χ1n) is 10.0. The molecule has 0 radical (unpaired) electrons. The lowest BCUT2D eigenvalue weighted by Crippen LogP contribution is -2.40. The summed E-state index contributed by atoms with van der Waals surface area (Å²) >= 11 is 0. The van der Waals surface area contributed by atoms with Gasteiger partial charge in [0.15, 0.2) is 0 Å². The van der Waals surface area contributed by atoms with Crippen molar-refractivity contribution in [1.29, 1.82) is 0 Å². The highest BCUT2D eigenvalue weighted by atomic mass is 16.2. The molecule has 2 aromatic carbocycles. The predicted molar refractivity (Wildman–Crippen MR) is 111 cm³/mol. The zero-order chi connectivity index (χ0) is 19.7. The Kier molecular flexibility index (Phi) is 3.31. The Bertz CT molecular complexity index is 1120. The summed E-state index contributed by atoms with van der Waals surface area (Å²) in [6, 6.07) is 19.9. The summed E-state index contributed by atoms with van der Waals surface area (Å²) in [6.07, 6.45) is 6.37. The number of aromatic nitrogens is 1. The largest absolute Gasteiger partial charge is 0.343 e. The lowest BCUT2D eigenvalue weighted by atomic mass is 9.70. The average molecular weight is 380 g/mol. The van der Waals surface area contributed by atoms with Crippen LogP contribution in [0, 0.1) is 18.8 Å². The summed E-state index contributed by atoms with van der Waals surface area (Å²) in [7, 11) is 0. The summed E-state index contributed by atoms with van der Waals surface area (Å²) < 4.78 is 2.21. The molecule has 4 heteroatoms. The van der Waals surface area contributed by atoms with Crippen molar-refractivity contribution in [1.82, 2.24) is 4.57 Å². The first kappa shape index (κ1) is 16.5. The molecule has 4 aliphatic rings. The van der Waals surface area contributed by atoms with Crippen molar-refractivity contribution in [3.8, 4) is 11.1 Å². The quantitative estimate of drug-likeness (QED) is 0.486. The van der Waals surface area contributed by atoms with E-state index in [1.807, 2.05) is 49.4 Å². The van der Waals surface area contributed by atoms with Gasteiger partial charge in [-0.3, -0.25) is 9.59 Å². The Morgan fingerprint density at radius 3 is 2.28 bits per heavy atom. The summed E-state index contributed by atoms with van der Waals surface area (Å²) in [6.45, 7) is 2.00. The molecular formula is C25H20N2O2. The minimum absolute atomic E-state index is 0.0608. The molecule has 7 rings (SSSR count). The van der Waals surface area contributed by atoms with Crippen LogP contribution in [0.3, 0.4) is 0 Å². The van der Waals surface area contributed by atoms with Crippen molar-refractivity contribution in [3.05, 3.63) is 90.3 Å². The van der Waals surface area contributed by atoms with Crippen LogP contribution in [0.4, 0.5) is 5.69 Å². The number of allylic oxidation sites excluding steroid dienone is 2. The van der Waals surface area contributed by atoms with E-state index in [1.165, 1.54) is 4.90 Å². The fraction of sp³-hybridized carbons (Fsp3) is 0.200. The average Bonchev–Trinajstić information content (AvgIpc) is 3.32. The number of imide groups is 1. The third kappa shape index (κ3) is 2.20. The highest BCUT2D eigenvalue weighted by Gasteiger charge is 2.59. The van der Waals surface area contributed by atoms with Gasteiger partial charge in [-0.1, -0.05) is 60.2 Å². The smallest absolute Gasteiger partial charge is 0.240 e. The second-order valence-corrected chi connectivity index (χ2v) is 8.23. The number of amides is 2. The topological polar surface area (TPSA) is 42.3 Å². The molecule has 0 spiro atoms. The van der Waals surface area contributed by atoms with Crippen molar-refractivity contribution in [2.45, 2.75) is 18.9 Å². The van der Waals surface area contributed by atoms with E-state index in [0.29, 0.717) is 5.69 Å². The fourth-order valence-corrected chi connectivity index (χ4v) is 5.23. The molecule has 0 saturated carbocycles. The van der Waals surface area contributed by atoms with Gasteiger partial charge in [-0.15, -0.1) is 0 Å². The summed E-state index contributed by atoms with van der Waals surface area (Å²) in [5.41, 5.74) is 5.20. The molecule has 1 aliphatic carbocycles. The molecular weight excluding hydrogens is 360 g/mol. The second-order valence-electron chi connectivity index (χ2n) is 8.23. The van der Waals surface area contributed by atoms with Gasteiger partial charge in [-0.25, -0.2) is 4.90 Å². The minimum Gasteiger partial charge on any atom is -0.343 e. The van der Waals surface area contributed by atoms with Crippen LogP contribution in [0.5, 0.6) is 0 Å². The van der Waals surface area contributed by atoms with Crippen LogP contribution in [-0.2, 0) is 9.59 Å². The van der Waals surface area contributed by atoms with Gasteiger partial charge < -0.3 is 4.57 Å². The van der Waals surface area contributed by atoms with E-state index in [0.717, 1.165) is 22.4 Å². The summed E-state index contributed by atoms with van der Waals surface area (Å²) in [5.74, 6) is -0.859. The van der Waals surface area contributed by atoms with Gasteiger partial charge in [-0.05, 0) is 36.2 Å². The fourth-order valence-electron chi connectivity index (χ4n) is 5.23. The predicted octanol–water partition coefficient (Wildman–Crippen LogP) is 4.48. The van der Waals surface area contributed by atoms with Crippen molar-refractivity contribution >= 4 is 17.5 Å². The number of nitrogens with zero attached hydrogens (tertiary/aromatic N) is 2. The van der Waals surface area contributed by atoms with Crippen molar-refractivity contribution < 1.29 is 9.59 Å². The second kappa shape index (κ2) is 5.80. The van der Waals surface area contributed by atoms with E-state index in [-0.39, 0.29) is 35.6 Å². The lowest BCUT2D eigenvalue weighted by molar-refractivity contribution is -0.122. The molecule has 1 fully saturated rings. The minimum atomic E-state index is -0.331. The van der Waals surface area contributed by atoms with Gasteiger partial charge in [0.1, 0.15) is 0 Å². The van der Waals surface area contributed by atoms with Crippen LogP contribution in [0.15, 0.2) is 79.0 Å². The van der Waals surface area contributed by atoms with Gasteiger partial charge >= 0.3 is 0 Å². The highest BCUT2D eigenvalue weighted by Crippen LogP contribution is 2.54. The van der Waals surface area contributed by atoms with Gasteiger partial charge in [0.25, 0.3) is 0 Å². The first-order chi connectivity index (χ1) is 14.1. The van der Waals surface area contributed by atoms with Crippen molar-refractivity contribution in [2.75, 3.05) is 4.90 Å². The molecule has 29 heavy (non-hydrogen) atoms. The number of rotatable bonds is 2. The third-order valence-corrected chi connectivity index (χ3v) is 6.61. The Labute approximate surface area is 169 Å². The van der Waals surface area contributed by atoms with Crippen LogP contribution >= 0.6 is 0 Å². The van der Waals surface area contributed by atoms with E-state index in [1.54, 1.807) is 0 Å². The molecule has 0 N–H and O–H groups in total. The van der Waals surface area contributed by atoms with Gasteiger partial charge in [-0.2, -0.15) is 0 Å². The maximum Gasteiger partial charge on any atom is 0.240 e. The zero-order valence-corrected chi connectivity index (χ0v) is 16.0. The summed E-state index contributed by atoms with van der Waals surface area (Å²) in [4.78, 5) is 28.2. The van der Waals surface area contributed by atoms with Crippen LogP contribution < -0.4 is 4.90 Å². The van der Waals surface area contributed by atoms with E-state index in [2.05, 4.69) is 41.1 Å². The van der Waals surface area contributed by atoms with Crippen LogP contribution in [0.2, 0.25) is 0 Å². The maximum absolute atomic E-state index is 13.4. The van der Waals surface area contributed by atoms with Gasteiger partial charge in [0, 0.05) is 17.8 Å². The monoisotopic (exact) mass is 380 g/mol. The van der Waals surface area contributed by atoms with Crippen LogP contribution in [-0.4, -0.2) is 16.4 Å². The van der Waals surface area contributed by atoms with Gasteiger partial charge in [0.05, 0.1) is 23.6 Å². The highest BCUT2D eigenvalue weighted by molar-refractivity contribution is 6.23. The first-order valence-corrected chi connectivity index (χ1v) is 10.0. The molecule has 142 valence electrons. The van der Waals surface area contributed by atoms with E-state index in [9.17, 15) is 9.59 Å². The Balaban J connectivity index is 1.42. The third-order valence-electron chi connectivity index (χ3n) is 6.61. The zero-order valence-electron chi connectivity index (χ0n) is 16.0. The number of aryl methyl sites for hydroxylation is 1. The van der Waals surface area contributed by atoms with Gasteiger partial charge in [0.2, 0.25) is 11.8 Å². The number of benzene rings is 2.